The van der Waals surface area contributed by atoms with Gasteiger partial charge in [-0.2, -0.15) is 0 Å². The molecule has 2 nitrogen and oxygen atoms in total. The van der Waals surface area contributed by atoms with E-state index in [1.807, 2.05) is 0 Å². The van der Waals surface area contributed by atoms with E-state index in [4.69, 9.17) is 5.73 Å². The molecular weight excluding hydrogens is 220 g/mol. The van der Waals surface area contributed by atoms with Gasteiger partial charge >= 0.3 is 0 Å². The zero-order valence-corrected chi connectivity index (χ0v) is 12.4. The maximum atomic E-state index is 6.40. The normalized spacial score (nSPS) is 39.5. The van der Waals surface area contributed by atoms with Crippen LogP contribution in [0.4, 0.5) is 0 Å². The second kappa shape index (κ2) is 6.91. The first-order valence-electron chi connectivity index (χ1n) is 8.24. The van der Waals surface area contributed by atoms with Gasteiger partial charge in [0.1, 0.15) is 0 Å². The summed E-state index contributed by atoms with van der Waals surface area (Å²) in [6.07, 6.45) is 10.9. The third-order valence-electron chi connectivity index (χ3n) is 5.48. The van der Waals surface area contributed by atoms with Gasteiger partial charge in [0, 0.05) is 12.1 Å². The molecule has 2 heteroatoms. The van der Waals surface area contributed by atoms with E-state index in [-0.39, 0.29) is 0 Å². The van der Waals surface area contributed by atoms with E-state index in [2.05, 4.69) is 18.7 Å². The second-order valence-corrected chi connectivity index (χ2v) is 6.56. The molecule has 1 heterocycles. The minimum atomic E-state index is 0.436. The Hall–Kier alpha value is -0.0800. The monoisotopic (exact) mass is 252 g/mol. The van der Waals surface area contributed by atoms with Crippen molar-refractivity contribution >= 4 is 0 Å². The van der Waals surface area contributed by atoms with Gasteiger partial charge in [-0.05, 0) is 63.5 Å². The maximum absolute atomic E-state index is 6.40. The number of hydrogen-bond donors (Lipinski definition) is 1. The minimum Gasteiger partial charge on any atom is -0.326 e. The van der Waals surface area contributed by atoms with Crippen LogP contribution >= 0.6 is 0 Å². The van der Waals surface area contributed by atoms with Crippen LogP contribution in [0.2, 0.25) is 0 Å². The van der Waals surface area contributed by atoms with Crippen molar-refractivity contribution in [1.82, 2.24) is 4.90 Å². The summed E-state index contributed by atoms with van der Waals surface area (Å²) in [4.78, 5) is 2.74. The summed E-state index contributed by atoms with van der Waals surface area (Å²) in [5, 5.41) is 0. The fourth-order valence-corrected chi connectivity index (χ4v) is 3.97. The van der Waals surface area contributed by atoms with Crippen LogP contribution in [-0.4, -0.2) is 30.1 Å². The molecule has 1 saturated heterocycles. The molecule has 2 rings (SSSR count). The van der Waals surface area contributed by atoms with E-state index in [0.717, 1.165) is 11.8 Å². The predicted octanol–water partition coefficient (Wildman–Crippen LogP) is 3.40. The van der Waals surface area contributed by atoms with Gasteiger partial charge in [0.15, 0.2) is 0 Å². The van der Waals surface area contributed by atoms with E-state index in [9.17, 15) is 0 Å². The van der Waals surface area contributed by atoms with Crippen molar-refractivity contribution in [2.75, 3.05) is 13.1 Å². The van der Waals surface area contributed by atoms with Gasteiger partial charge in [-0.1, -0.05) is 26.7 Å². The molecule has 0 spiro atoms. The van der Waals surface area contributed by atoms with Crippen LogP contribution in [-0.2, 0) is 0 Å². The molecule has 0 amide bonds. The Morgan fingerprint density at radius 3 is 2.44 bits per heavy atom. The summed E-state index contributed by atoms with van der Waals surface area (Å²) in [6, 6.07) is 1.12. The lowest BCUT2D eigenvalue weighted by atomic mass is 9.80. The van der Waals surface area contributed by atoms with E-state index in [1.165, 1.54) is 64.5 Å². The van der Waals surface area contributed by atoms with Crippen LogP contribution in [0, 0.1) is 11.8 Å². The molecule has 2 N–H and O–H groups in total. The largest absolute Gasteiger partial charge is 0.326 e. The lowest BCUT2D eigenvalue weighted by molar-refractivity contribution is 0.112. The van der Waals surface area contributed by atoms with Crippen LogP contribution in [0.1, 0.15) is 65.2 Å². The van der Waals surface area contributed by atoms with Crippen molar-refractivity contribution in [2.24, 2.45) is 17.6 Å². The number of likely N-dealkylation sites (tertiary alicyclic amines) is 1. The molecule has 0 aromatic carbocycles. The molecule has 1 saturated carbocycles. The summed E-state index contributed by atoms with van der Waals surface area (Å²) >= 11 is 0. The molecule has 0 aromatic heterocycles. The third-order valence-corrected chi connectivity index (χ3v) is 5.48. The van der Waals surface area contributed by atoms with Gasteiger partial charge in [0.05, 0.1) is 0 Å². The van der Waals surface area contributed by atoms with Crippen LogP contribution in [0.5, 0.6) is 0 Å². The molecule has 0 bridgehead atoms. The Morgan fingerprint density at radius 1 is 0.944 bits per heavy atom. The number of rotatable bonds is 3. The average Bonchev–Trinajstić information content (AvgIpc) is 2.64. The summed E-state index contributed by atoms with van der Waals surface area (Å²) in [5.41, 5.74) is 6.40. The van der Waals surface area contributed by atoms with Gasteiger partial charge in [-0.25, -0.2) is 0 Å². The SMILES string of the molecule is CCC1CCCN(C2CC(CC)CCC2N)CC1. The first-order valence-corrected chi connectivity index (χ1v) is 8.24. The highest BCUT2D eigenvalue weighted by atomic mass is 15.2. The number of hydrogen-bond acceptors (Lipinski definition) is 2. The summed E-state index contributed by atoms with van der Waals surface area (Å²) in [5.74, 6) is 1.90. The van der Waals surface area contributed by atoms with E-state index >= 15 is 0 Å². The zero-order chi connectivity index (χ0) is 13.0. The quantitative estimate of drug-likeness (QED) is 0.834. The molecule has 1 aliphatic heterocycles. The highest BCUT2D eigenvalue weighted by Crippen LogP contribution is 2.31. The lowest BCUT2D eigenvalue weighted by Crippen LogP contribution is -2.51. The fourth-order valence-electron chi connectivity index (χ4n) is 3.97. The van der Waals surface area contributed by atoms with Gasteiger partial charge < -0.3 is 5.73 Å². The number of nitrogens with two attached hydrogens (primary N) is 1. The van der Waals surface area contributed by atoms with Gasteiger partial charge in [0.25, 0.3) is 0 Å². The van der Waals surface area contributed by atoms with Crippen LogP contribution in [0.25, 0.3) is 0 Å². The maximum Gasteiger partial charge on any atom is 0.0249 e. The molecule has 0 radical (unpaired) electrons. The Bertz CT molecular complexity index is 241. The Balaban J connectivity index is 1.92. The van der Waals surface area contributed by atoms with Gasteiger partial charge in [-0.15, -0.1) is 0 Å². The minimum absolute atomic E-state index is 0.436. The lowest BCUT2D eigenvalue weighted by Gasteiger charge is -2.41. The van der Waals surface area contributed by atoms with Crippen molar-refractivity contribution < 1.29 is 0 Å². The standard InChI is InChI=1S/C16H32N2/c1-3-13-6-5-10-18(11-9-13)16-12-14(4-2)7-8-15(16)17/h13-16H,3-12,17H2,1-2H3. The Labute approximate surface area is 113 Å². The molecule has 1 aliphatic carbocycles. The predicted molar refractivity (Wildman–Crippen MR) is 78.6 cm³/mol. The van der Waals surface area contributed by atoms with Crippen molar-refractivity contribution in [3.63, 3.8) is 0 Å². The van der Waals surface area contributed by atoms with Crippen molar-refractivity contribution in [3.05, 3.63) is 0 Å². The molecule has 0 aromatic rings. The van der Waals surface area contributed by atoms with Crippen molar-refractivity contribution in [1.29, 1.82) is 0 Å². The van der Waals surface area contributed by atoms with Crippen LogP contribution in [0.15, 0.2) is 0 Å². The zero-order valence-electron chi connectivity index (χ0n) is 12.4. The summed E-state index contributed by atoms with van der Waals surface area (Å²) < 4.78 is 0. The van der Waals surface area contributed by atoms with Crippen molar-refractivity contribution in [2.45, 2.75) is 77.3 Å². The molecule has 4 atom stereocenters. The van der Waals surface area contributed by atoms with Crippen molar-refractivity contribution in [3.8, 4) is 0 Å². The average molecular weight is 252 g/mol. The smallest absolute Gasteiger partial charge is 0.0249 e. The topological polar surface area (TPSA) is 29.3 Å². The molecule has 4 unspecified atom stereocenters. The molecule has 18 heavy (non-hydrogen) atoms. The Morgan fingerprint density at radius 2 is 1.72 bits per heavy atom. The fraction of sp³-hybridized carbons (Fsp3) is 1.00. The van der Waals surface area contributed by atoms with Crippen LogP contribution in [0.3, 0.4) is 0 Å². The molecular formula is C16H32N2. The van der Waals surface area contributed by atoms with E-state index in [0.29, 0.717) is 12.1 Å². The molecule has 106 valence electrons. The first kappa shape index (κ1) is 14.3. The second-order valence-electron chi connectivity index (χ2n) is 6.56. The molecule has 2 fully saturated rings. The summed E-state index contributed by atoms with van der Waals surface area (Å²) in [7, 11) is 0. The molecule has 2 aliphatic rings. The number of nitrogens with zero attached hydrogens (tertiary/aromatic N) is 1. The van der Waals surface area contributed by atoms with Crippen LogP contribution < -0.4 is 5.73 Å². The Kier molecular flexibility index (Phi) is 5.50. The van der Waals surface area contributed by atoms with E-state index < -0.39 is 0 Å². The highest BCUT2D eigenvalue weighted by Gasteiger charge is 2.32. The first-order chi connectivity index (χ1) is 8.74. The third kappa shape index (κ3) is 3.48. The van der Waals surface area contributed by atoms with E-state index in [1.54, 1.807) is 0 Å². The van der Waals surface area contributed by atoms with Gasteiger partial charge in [-0.3, -0.25) is 4.90 Å². The highest BCUT2D eigenvalue weighted by molar-refractivity contribution is 4.90. The van der Waals surface area contributed by atoms with Gasteiger partial charge in [0.2, 0.25) is 0 Å². The summed E-state index contributed by atoms with van der Waals surface area (Å²) in [6.45, 7) is 7.28.